The predicted octanol–water partition coefficient (Wildman–Crippen LogP) is 2.36. The first-order valence-corrected chi connectivity index (χ1v) is 6.87. The molecular formula is C16H20N2O2. The van der Waals surface area contributed by atoms with Gasteiger partial charge in [-0.2, -0.15) is 0 Å². The van der Waals surface area contributed by atoms with Crippen molar-refractivity contribution in [2.45, 2.75) is 25.8 Å². The van der Waals surface area contributed by atoms with Crippen LogP contribution >= 0.6 is 0 Å². The molecule has 3 N–H and O–H groups in total. The van der Waals surface area contributed by atoms with Crippen LogP contribution in [0.1, 0.15) is 23.4 Å². The van der Waals surface area contributed by atoms with Crippen LogP contribution in [0.25, 0.3) is 0 Å². The normalized spacial score (nSPS) is 10.6. The second kappa shape index (κ2) is 7.50. The summed E-state index contributed by atoms with van der Waals surface area (Å²) in [4.78, 5) is 13.7. The van der Waals surface area contributed by atoms with E-state index in [-0.39, 0.29) is 6.42 Å². The van der Waals surface area contributed by atoms with Crippen LogP contribution in [-0.4, -0.2) is 22.6 Å². The van der Waals surface area contributed by atoms with E-state index in [0.29, 0.717) is 0 Å². The smallest absolute Gasteiger partial charge is 0.309 e. The zero-order valence-electron chi connectivity index (χ0n) is 11.4. The molecule has 0 spiro atoms. The number of carbonyl (C=O) groups is 1. The number of H-pyrrole nitrogens is 1. The van der Waals surface area contributed by atoms with E-state index in [1.165, 1.54) is 5.56 Å². The second-order valence-electron chi connectivity index (χ2n) is 4.85. The number of carboxylic acids is 1. The fraction of sp³-hybridized carbons (Fsp3) is 0.312. The molecule has 0 aliphatic rings. The van der Waals surface area contributed by atoms with E-state index in [9.17, 15) is 4.79 Å². The van der Waals surface area contributed by atoms with E-state index in [1.54, 1.807) is 0 Å². The largest absolute Gasteiger partial charge is 0.481 e. The quantitative estimate of drug-likeness (QED) is 0.646. The van der Waals surface area contributed by atoms with Crippen molar-refractivity contribution < 1.29 is 9.90 Å². The van der Waals surface area contributed by atoms with Crippen LogP contribution in [0, 0.1) is 0 Å². The highest BCUT2D eigenvalue weighted by molar-refractivity contribution is 5.69. The van der Waals surface area contributed by atoms with E-state index < -0.39 is 5.97 Å². The molecule has 0 fully saturated rings. The van der Waals surface area contributed by atoms with Gasteiger partial charge in [-0.25, -0.2) is 0 Å². The number of aliphatic carboxylic acids is 1. The molecular weight excluding hydrogens is 252 g/mol. The number of aromatic amines is 1. The van der Waals surface area contributed by atoms with Gasteiger partial charge in [-0.1, -0.05) is 30.3 Å². The predicted molar refractivity (Wildman–Crippen MR) is 78.6 cm³/mol. The van der Waals surface area contributed by atoms with Crippen molar-refractivity contribution in [2.24, 2.45) is 0 Å². The second-order valence-corrected chi connectivity index (χ2v) is 4.85. The summed E-state index contributed by atoms with van der Waals surface area (Å²) in [6.45, 7) is 1.69. The molecule has 0 saturated heterocycles. The number of aryl methyl sites for hydroxylation is 1. The third-order valence-electron chi connectivity index (χ3n) is 3.13. The van der Waals surface area contributed by atoms with Crippen molar-refractivity contribution in [3.05, 3.63) is 59.4 Å². The average Bonchev–Trinajstić information content (AvgIpc) is 2.86. The summed E-state index contributed by atoms with van der Waals surface area (Å²) in [6.07, 6.45) is 2.21. The highest BCUT2D eigenvalue weighted by Crippen LogP contribution is 2.04. The third-order valence-corrected chi connectivity index (χ3v) is 3.13. The summed E-state index contributed by atoms with van der Waals surface area (Å²) >= 11 is 0. The minimum absolute atomic E-state index is 0.0496. The molecule has 1 aromatic carbocycles. The molecule has 4 nitrogen and oxygen atoms in total. The van der Waals surface area contributed by atoms with Crippen molar-refractivity contribution in [3.63, 3.8) is 0 Å². The Morgan fingerprint density at radius 1 is 1.10 bits per heavy atom. The number of hydrogen-bond acceptors (Lipinski definition) is 2. The summed E-state index contributed by atoms with van der Waals surface area (Å²) in [5, 5.41) is 12.1. The van der Waals surface area contributed by atoms with Gasteiger partial charge < -0.3 is 15.4 Å². The molecule has 0 bridgehead atoms. The zero-order valence-corrected chi connectivity index (χ0v) is 11.4. The van der Waals surface area contributed by atoms with Gasteiger partial charge >= 0.3 is 5.97 Å². The van der Waals surface area contributed by atoms with Gasteiger partial charge in [0.15, 0.2) is 0 Å². The highest BCUT2D eigenvalue weighted by atomic mass is 16.4. The first kappa shape index (κ1) is 14.3. The Balaban J connectivity index is 1.63. The molecule has 2 rings (SSSR count). The minimum Gasteiger partial charge on any atom is -0.481 e. The fourth-order valence-corrected chi connectivity index (χ4v) is 2.15. The van der Waals surface area contributed by atoms with Gasteiger partial charge in [0, 0.05) is 17.9 Å². The lowest BCUT2D eigenvalue weighted by Gasteiger charge is -2.04. The number of benzene rings is 1. The maximum Gasteiger partial charge on any atom is 0.309 e. The summed E-state index contributed by atoms with van der Waals surface area (Å²) in [7, 11) is 0. The number of aromatic nitrogens is 1. The molecule has 20 heavy (non-hydrogen) atoms. The van der Waals surface area contributed by atoms with E-state index in [2.05, 4.69) is 34.6 Å². The number of nitrogens with one attached hydrogen (secondary N) is 2. The number of rotatable bonds is 8. The Kier molecular flexibility index (Phi) is 5.38. The summed E-state index contributed by atoms with van der Waals surface area (Å²) < 4.78 is 0. The van der Waals surface area contributed by atoms with Crippen molar-refractivity contribution in [1.29, 1.82) is 0 Å². The van der Waals surface area contributed by atoms with Crippen LogP contribution in [0.4, 0.5) is 0 Å². The molecule has 0 aliphatic carbocycles. The summed E-state index contributed by atoms with van der Waals surface area (Å²) in [5.74, 6) is -0.811. The van der Waals surface area contributed by atoms with Crippen LogP contribution in [-0.2, 0) is 24.2 Å². The van der Waals surface area contributed by atoms with Crippen molar-refractivity contribution in [2.75, 3.05) is 6.54 Å². The Morgan fingerprint density at radius 3 is 2.60 bits per heavy atom. The van der Waals surface area contributed by atoms with Crippen LogP contribution < -0.4 is 5.32 Å². The monoisotopic (exact) mass is 272 g/mol. The molecule has 4 heteroatoms. The van der Waals surface area contributed by atoms with Crippen LogP contribution in [0.5, 0.6) is 0 Å². The van der Waals surface area contributed by atoms with Gasteiger partial charge in [-0.3, -0.25) is 4.79 Å². The topological polar surface area (TPSA) is 65.1 Å². The lowest BCUT2D eigenvalue weighted by molar-refractivity contribution is -0.136. The Morgan fingerprint density at radius 2 is 1.85 bits per heavy atom. The molecule has 1 aromatic heterocycles. The van der Waals surface area contributed by atoms with Gasteiger partial charge in [0.2, 0.25) is 0 Å². The van der Waals surface area contributed by atoms with E-state index in [0.717, 1.165) is 37.3 Å². The van der Waals surface area contributed by atoms with Gasteiger partial charge in [0.05, 0.1) is 6.42 Å². The molecule has 1 heterocycles. The first-order valence-electron chi connectivity index (χ1n) is 6.87. The highest BCUT2D eigenvalue weighted by Gasteiger charge is 2.03. The van der Waals surface area contributed by atoms with Crippen LogP contribution in [0.15, 0.2) is 42.5 Å². The first-order chi connectivity index (χ1) is 9.74. The standard InChI is InChI=1S/C16H20N2O2/c19-16(20)11-14-8-9-15(18-14)12-17-10-4-7-13-5-2-1-3-6-13/h1-3,5-6,8-9,17-18H,4,7,10-12H2,(H,19,20). The molecule has 0 saturated carbocycles. The van der Waals surface area contributed by atoms with Gasteiger partial charge in [-0.05, 0) is 37.1 Å². The summed E-state index contributed by atoms with van der Waals surface area (Å²) in [6, 6.07) is 14.2. The van der Waals surface area contributed by atoms with Gasteiger partial charge in [-0.15, -0.1) is 0 Å². The maximum atomic E-state index is 10.6. The van der Waals surface area contributed by atoms with Crippen molar-refractivity contribution in [1.82, 2.24) is 10.3 Å². The fourth-order valence-electron chi connectivity index (χ4n) is 2.15. The third kappa shape index (κ3) is 4.90. The average molecular weight is 272 g/mol. The van der Waals surface area contributed by atoms with Crippen LogP contribution in [0.2, 0.25) is 0 Å². The maximum absolute atomic E-state index is 10.6. The Hall–Kier alpha value is -2.07. The Labute approximate surface area is 118 Å². The lowest BCUT2D eigenvalue weighted by atomic mass is 10.1. The van der Waals surface area contributed by atoms with Crippen LogP contribution in [0.3, 0.4) is 0 Å². The molecule has 0 unspecified atom stereocenters. The minimum atomic E-state index is -0.811. The van der Waals surface area contributed by atoms with E-state index in [1.807, 2.05) is 18.2 Å². The van der Waals surface area contributed by atoms with E-state index >= 15 is 0 Å². The van der Waals surface area contributed by atoms with E-state index in [4.69, 9.17) is 5.11 Å². The number of hydrogen-bond donors (Lipinski definition) is 3. The van der Waals surface area contributed by atoms with Crippen molar-refractivity contribution >= 4 is 5.97 Å². The Bertz CT molecular complexity index is 534. The lowest BCUT2D eigenvalue weighted by Crippen LogP contribution is -2.15. The zero-order chi connectivity index (χ0) is 14.2. The molecule has 0 aliphatic heterocycles. The van der Waals surface area contributed by atoms with Gasteiger partial charge in [0.1, 0.15) is 0 Å². The summed E-state index contributed by atoms with van der Waals surface area (Å²) in [5.41, 5.74) is 3.14. The molecule has 106 valence electrons. The molecule has 2 aromatic rings. The molecule has 0 amide bonds. The van der Waals surface area contributed by atoms with Crippen molar-refractivity contribution in [3.8, 4) is 0 Å². The number of carboxylic acid groups (broad SMARTS) is 1. The molecule has 0 radical (unpaired) electrons. The van der Waals surface area contributed by atoms with Gasteiger partial charge in [0.25, 0.3) is 0 Å². The SMILES string of the molecule is O=C(O)Cc1ccc(CNCCCc2ccccc2)[nH]1. The molecule has 0 atom stereocenters.